The topological polar surface area (TPSA) is 77.1 Å². The summed E-state index contributed by atoms with van der Waals surface area (Å²) in [7, 11) is 0. The molecule has 0 aliphatic heterocycles. The van der Waals surface area contributed by atoms with Crippen molar-refractivity contribution in [2.24, 2.45) is 0 Å². The van der Waals surface area contributed by atoms with E-state index in [2.05, 4.69) is 11.6 Å². The van der Waals surface area contributed by atoms with Crippen LogP contribution in [0.15, 0.2) is 12.7 Å². The number of hydrogen-bond acceptors (Lipinski definition) is 4. The second-order valence-corrected chi connectivity index (χ2v) is 3.12. The van der Waals surface area contributed by atoms with Crippen molar-refractivity contribution in [3.05, 3.63) is 35.0 Å². The van der Waals surface area contributed by atoms with Crippen molar-refractivity contribution in [3.8, 4) is 11.9 Å². The third kappa shape index (κ3) is 1.97. The van der Waals surface area contributed by atoms with Crippen LogP contribution in [0.4, 0.5) is 0 Å². The van der Waals surface area contributed by atoms with Gasteiger partial charge in [0, 0.05) is 11.3 Å². The monoisotopic (exact) mass is 204 g/mol. The minimum atomic E-state index is -0.327. The average molecular weight is 204 g/mol. The zero-order chi connectivity index (χ0) is 11.4. The van der Waals surface area contributed by atoms with Crippen molar-refractivity contribution >= 4 is 0 Å². The van der Waals surface area contributed by atoms with Crippen molar-refractivity contribution in [2.75, 3.05) is 0 Å². The number of aliphatic hydroxyl groups is 1. The smallest absolute Gasteiger partial charge is 0.229 e. The van der Waals surface area contributed by atoms with Crippen LogP contribution in [0.3, 0.4) is 0 Å². The summed E-state index contributed by atoms with van der Waals surface area (Å²) in [5, 5.41) is 27.4. The van der Waals surface area contributed by atoms with Crippen molar-refractivity contribution in [1.82, 2.24) is 4.98 Å². The van der Waals surface area contributed by atoms with Gasteiger partial charge in [-0.15, -0.1) is 6.58 Å². The third-order valence-corrected chi connectivity index (χ3v) is 2.22. The Kier molecular flexibility index (Phi) is 3.42. The number of allylic oxidation sites excluding steroid dienone is 1. The number of aromatic hydroxyl groups is 1. The predicted molar refractivity (Wildman–Crippen MR) is 55.2 cm³/mol. The SMILES string of the molecule is C=CCc1c(C)nc(O)c(C#N)c1CO. The van der Waals surface area contributed by atoms with Gasteiger partial charge >= 0.3 is 0 Å². The Bertz CT molecular complexity index is 433. The summed E-state index contributed by atoms with van der Waals surface area (Å²) in [5.74, 6) is -0.327. The Labute approximate surface area is 88.1 Å². The van der Waals surface area contributed by atoms with Gasteiger partial charge < -0.3 is 10.2 Å². The van der Waals surface area contributed by atoms with Gasteiger partial charge in [-0.2, -0.15) is 5.26 Å². The van der Waals surface area contributed by atoms with E-state index in [0.717, 1.165) is 5.56 Å². The molecule has 0 spiro atoms. The number of pyridine rings is 1. The second-order valence-electron chi connectivity index (χ2n) is 3.12. The maximum atomic E-state index is 9.43. The Hall–Kier alpha value is -1.86. The van der Waals surface area contributed by atoms with Gasteiger partial charge in [0.05, 0.1) is 6.61 Å². The molecule has 0 bridgehead atoms. The number of rotatable bonds is 3. The van der Waals surface area contributed by atoms with E-state index >= 15 is 0 Å². The van der Waals surface area contributed by atoms with Crippen molar-refractivity contribution in [2.45, 2.75) is 20.0 Å². The molecule has 1 aromatic rings. The standard InChI is InChI=1S/C11H12N2O2/c1-3-4-8-7(2)13-11(15)9(5-12)10(8)6-14/h3,14H,1,4,6H2,2H3,(H,13,15). The zero-order valence-electron chi connectivity index (χ0n) is 8.49. The molecule has 4 nitrogen and oxygen atoms in total. The van der Waals surface area contributed by atoms with E-state index in [0.29, 0.717) is 17.7 Å². The van der Waals surface area contributed by atoms with Crippen molar-refractivity contribution in [3.63, 3.8) is 0 Å². The van der Waals surface area contributed by atoms with Gasteiger partial charge in [-0.05, 0) is 18.9 Å². The highest BCUT2D eigenvalue weighted by atomic mass is 16.3. The van der Waals surface area contributed by atoms with Crippen LogP contribution in [0.25, 0.3) is 0 Å². The molecule has 15 heavy (non-hydrogen) atoms. The van der Waals surface area contributed by atoms with E-state index < -0.39 is 0 Å². The van der Waals surface area contributed by atoms with Crippen molar-refractivity contribution in [1.29, 1.82) is 5.26 Å². The predicted octanol–water partition coefficient (Wildman–Crippen LogP) is 1.19. The number of nitrogens with zero attached hydrogens (tertiary/aromatic N) is 2. The molecule has 78 valence electrons. The van der Waals surface area contributed by atoms with Gasteiger partial charge in [0.15, 0.2) is 0 Å². The Morgan fingerprint density at radius 2 is 2.20 bits per heavy atom. The molecule has 0 aliphatic rings. The molecule has 0 saturated heterocycles. The summed E-state index contributed by atoms with van der Waals surface area (Å²) in [5.41, 5.74) is 1.83. The minimum absolute atomic E-state index is 0.0416. The van der Waals surface area contributed by atoms with E-state index in [4.69, 9.17) is 5.26 Å². The third-order valence-electron chi connectivity index (χ3n) is 2.22. The van der Waals surface area contributed by atoms with Crippen LogP contribution >= 0.6 is 0 Å². The highest BCUT2D eigenvalue weighted by Gasteiger charge is 2.15. The van der Waals surface area contributed by atoms with Gasteiger partial charge in [-0.1, -0.05) is 6.08 Å². The highest BCUT2D eigenvalue weighted by molar-refractivity contribution is 5.50. The van der Waals surface area contributed by atoms with Crippen LogP contribution in [0.2, 0.25) is 0 Å². The molecule has 0 aromatic carbocycles. The summed E-state index contributed by atoms with van der Waals surface area (Å²) in [6.07, 6.45) is 2.19. The zero-order valence-corrected chi connectivity index (χ0v) is 8.49. The second kappa shape index (κ2) is 4.58. The highest BCUT2D eigenvalue weighted by Crippen LogP contribution is 2.24. The first-order valence-corrected chi connectivity index (χ1v) is 4.48. The lowest BCUT2D eigenvalue weighted by Crippen LogP contribution is -2.03. The molecule has 2 N–H and O–H groups in total. The fourth-order valence-corrected chi connectivity index (χ4v) is 1.49. The molecule has 0 fully saturated rings. The summed E-state index contributed by atoms with van der Waals surface area (Å²) in [6, 6.07) is 1.83. The van der Waals surface area contributed by atoms with Crippen LogP contribution in [0.1, 0.15) is 22.4 Å². The molecule has 1 rings (SSSR count). The van der Waals surface area contributed by atoms with Gasteiger partial charge in [0.1, 0.15) is 11.6 Å². The summed E-state index contributed by atoms with van der Waals surface area (Å²) >= 11 is 0. The largest absolute Gasteiger partial charge is 0.492 e. The van der Waals surface area contributed by atoms with Crippen LogP contribution in [0, 0.1) is 18.3 Å². The Morgan fingerprint density at radius 1 is 1.53 bits per heavy atom. The van der Waals surface area contributed by atoms with Gasteiger partial charge in [-0.25, -0.2) is 4.98 Å². The fraction of sp³-hybridized carbons (Fsp3) is 0.273. The normalized spacial score (nSPS) is 9.67. The average Bonchev–Trinajstić information content (AvgIpc) is 2.21. The quantitative estimate of drug-likeness (QED) is 0.725. The molecule has 1 aromatic heterocycles. The molecule has 0 radical (unpaired) electrons. The number of aryl methyl sites for hydroxylation is 1. The van der Waals surface area contributed by atoms with Crippen LogP contribution in [0.5, 0.6) is 5.88 Å². The maximum Gasteiger partial charge on any atom is 0.229 e. The first-order valence-electron chi connectivity index (χ1n) is 4.48. The molecule has 1 heterocycles. The van der Waals surface area contributed by atoms with Crippen LogP contribution in [-0.4, -0.2) is 15.2 Å². The molecule has 0 saturated carbocycles. The minimum Gasteiger partial charge on any atom is -0.492 e. The molecular formula is C11H12N2O2. The van der Waals surface area contributed by atoms with Crippen LogP contribution < -0.4 is 0 Å². The lowest BCUT2D eigenvalue weighted by Gasteiger charge is -2.11. The lowest BCUT2D eigenvalue weighted by atomic mass is 9.99. The van der Waals surface area contributed by atoms with E-state index in [9.17, 15) is 10.2 Å². The van der Waals surface area contributed by atoms with E-state index in [1.807, 2.05) is 6.07 Å². The van der Waals surface area contributed by atoms with E-state index in [-0.39, 0.29) is 18.1 Å². The maximum absolute atomic E-state index is 9.43. The first kappa shape index (κ1) is 11.2. The molecule has 0 amide bonds. The molecule has 0 unspecified atom stereocenters. The van der Waals surface area contributed by atoms with E-state index in [1.165, 1.54) is 0 Å². The van der Waals surface area contributed by atoms with Gasteiger partial charge in [-0.3, -0.25) is 0 Å². The number of hydrogen-bond donors (Lipinski definition) is 2. The van der Waals surface area contributed by atoms with Crippen LogP contribution in [-0.2, 0) is 13.0 Å². The molecular weight excluding hydrogens is 192 g/mol. The Morgan fingerprint density at radius 3 is 2.67 bits per heavy atom. The summed E-state index contributed by atoms with van der Waals surface area (Å²) in [6.45, 7) is 5.03. The van der Waals surface area contributed by atoms with Gasteiger partial charge in [0.2, 0.25) is 5.88 Å². The molecule has 0 aliphatic carbocycles. The first-order chi connectivity index (χ1) is 7.15. The van der Waals surface area contributed by atoms with E-state index in [1.54, 1.807) is 13.0 Å². The van der Waals surface area contributed by atoms with Crippen molar-refractivity contribution < 1.29 is 10.2 Å². The molecule has 4 heteroatoms. The number of nitriles is 1. The number of aliphatic hydroxyl groups excluding tert-OH is 1. The Balaban J connectivity index is 3.50. The fourth-order valence-electron chi connectivity index (χ4n) is 1.49. The lowest BCUT2D eigenvalue weighted by molar-refractivity contribution is 0.279. The van der Waals surface area contributed by atoms with Gasteiger partial charge in [0.25, 0.3) is 0 Å². The summed E-state index contributed by atoms with van der Waals surface area (Å²) in [4.78, 5) is 3.85. The number of aromatic nitrogens is 1. The summed E-state index contributed by atoms with van der Waals surface area (Å²) < 4.78 is 0. The molecule has 0 atom stereocenters.